The van der Waals surface area contributed by atoms with E-state index in [2.05, 4.69) is 27.8 Å². The highest BCUT2D eigenvalue weighted by Crippen LogP contribution is 2.40. The third kappa shape index (κ3) is 3.67. The Morgan fingerprint density at radius 3 is 2.80 bits per heavy atom. The van der Waals surface area contributed by atoms with E-state index in [0.717, 1.165) is 57.5 Å². The summed E-state index contributed by atoms with van der Waals surface area (Å²) in [6, 6.07) is 14.9. The van der Waals surface area contributed by atoms with Gasteiger partial charge in [-0.3, -0.25) is 0 Å². The van der Waals surface area contributed by atoms with Gasteiger partial charge in [-0.15, -0.1) is 0 Å². The number of hydrogen-bond donors (Lipinski definition) is 0. The Hall–Kier alpha value is -3.69. The molecule has 0 atom stereocenters. The van der Waals surface area contributed by atoms with Crippen LogP contribution < -0.4 is 4.74 Å². The molecule has 4 aromatic rings. The number of hydrogen-bond acceptors (Lipinski definition) is 4. The molecule has 35 heavy (non-hydrogen) atoms. The van der Waals surface area contributed by atoms with Crippen LogP contribution in [0.25, 0.3) is 16.6 Å². The number of pyridine rings is 1. The van der Waals surface area contributed by atoms with E-state index in [-0.39, 0.29) is 12.4 Å². The SMILES string of the molecule is C/C(C#N)=C1/c2ccc(Cn3c(C4CCC4)nc4c(Cl)nccc43)cc2COc2cc(F)ccc21. The van der Waals surface area contributed by atoms with Crippen molar-refractivity contribution in [2.24, 2.45) is 0 Å². The second-order valence-corrected chi connectivity index (χ2v) is 9.54. The molecule has 5 nitrogen and oxygen atoms in total. The first-order valence-corrected chi connectivity index (χ1v) is 12.1. The van der Waals surface area contributed by atoms with E-state index < -0.39 is 0 Å². The van der Waals surface area contributed by atoms with Crippen LogP contribution in [-0.2, 0) is 13.2 Å². The predicted molar refractivity (Wildman–Crippen MR) is 133 cm³/mol. The molecule has 1 fully saturated rings. The van der Waals surface area contributed by atoms with Gasteiger partial charge in [-0.25, -0.2) is 14.4 Å². The van der Waals surface area contributed by atoms with Crippen molar-refractivity contribution in [3.8, 4) is 11.8 Å². The summed E-state index contributed by atoms with van der Waals surface area (Å²) in [5.74, 6) is 1.56. The molecule has 7 heteroatoms. The number of halogens is 2. The number of nitrogens with zero attached hydrogens (tertiary/aromatic N) is 4. The van der Waals surface area contributed by atoms with E-state index in [9.17, 15) is 9.65 Å². The molecule has 0 N–H and O–H groups in total. The van der Waals surface area contributed by atoms with Gasteiger partial charge in [0.25, 0.3) is 0 Å². The van der Waals surface area contributed by atoms with Crippen LogP contribution in [0.1, 0.15) is 60.2 Å². The number of allylic oxidation sites excluding steroid dienone is 1. The van der Waals surface area contributed by atoms with Crippen LogP contribution >= 0.6 is 11.6 Å². The van der Waals surface area contributed by atoms with Crippen molar-refractivity contribution >= 4 is 28.2 Å². The number of imidazole rings is 1. The first kappa shape index (κ1) is 21.8. The highest BCUT2D eigenvalue weighted by atomic mass is 35.5. The summed E-state index contributed by atoms with van der Waals surface area (Å²) < 4.78 is 22.2. The third-order valence-electron chi connectivity index (χ3n) is 7.04. The summed E-state index contributed by atoms with van der Waals surface area (Å²) in [6.07, 6.45) is 5.19. The topological polar surface area (TPSA) is 63.7 Å². The lowest BCUT2D eigenvalue weighted by Crippen LogP contribution is -2.16. The zero-order valence-electron chi connectivity index (χ0n) is 19.2. The maximum absolute atomic E-state index is 14.0. The monoisotopic (exact) mass is 484 g/mol. The van der Waals surface area contributed by atoms with E-state index in [1.807, 2.05) is 12.1 Å². The summed E-state index contributed by atoms with van der Waals surface area (Å²) >= 11 is 6.38. The number of fused-ring (bicyclic) bond motifs is 3. The van der Waals surface area contributed by atoms with Gasteiger partial charge >= 0.3 is 0 Å². The molecule has 1 saturated carbocycles. The van der Waals surface area contributed by atoms with Crippen LogP contribution in [0.5, 0.6) is 5.75 Å². The van der Waals surface area contributed by atoms with Gasteiger partial charge in [0.2, 0.25) is 0 Å². The Labute approximate surface area is 207 Å². The Kier molecular flexibility index (Phi) is 5.31. The molecule has 6 rings (SSSR count). The summed E-state index contributed by atoms with van der Waals surface area (Å²) in [5.41, 5.74) is 6.76. The van der Waals surface area contributed by atoms with Gasteiger partial charge in [-0.2, -0.15) is 5.26 Å². The maximum atomic E-state index is 14.0. The second kappa shape index (κ2) is 8.51. The van der Waals surface area contributed by atoms with Crippen molar-refractivity contribution in [3.05, 3.63) is 93.3 Å². The average Bonchev–Trinajstić information content (AvgIpc) is 3.08. The second-order valence-electron chi connectivity index (χ2n) is 9.19. The minimum absolute atomic E-state index is 0.289. The van der Waals surface area contributed by atoms with Gasteiger partial charge in [-0.05, 0) is 60.7 Å². The van der Waals surface area contributed by atoms with E-state index in [0.29, 0.717) is 28.9 Å². The van der Waals surface area contributed by atoms with Crippen LogP contribution in [-0.4, -0.2) is 14.5 Å². The summed E-state index contributed by atoms with van der Waals surface area (Å²) in [4.78, 5) is 9.09. The van der Waals surface area contributed by atoms with Gasteiger partial charge in [0, 0.05) is 41.4 Å². The zero-order valence-corrected chi connectivity index (χ0v) is 19.9. The number of ether oxygens (including phenoxy) is 1. The van der Waals surface area contributed by atoms with Crippen molar-refractivity contribution in [3.63, 3.8) is 0 Å². The molecular formula is C28H22ClFN4O. The van der Waals surface area contributed by atoms with E-state index in [4.69, 9.17) is 21.3 Å². The molecule has 0 bridgehead atoms. The van der Waals surface area contributed by atoms with Gasteiger partial charge in [0.05, 0.1) is 11.6 Å². The molecule has 2 aromatic heterocycles. The predicted octanol–water partition coefficient (Wildman–Crippen LogP) is 6.78. The van der Waals surface area contributed by atoms with Crippen molar-refractivity contribution in [1.82, 2.24) is 14.5 Å². The lowest BCUT2D eigenvalue weighted by molar-refractivity contribution is 0.305. The molecule has 1 aliphatic carbocycles. The molecule has 174 valence electrons. The molecule has 2 aromatic carbocycles. The number of rotatable bonds is 3. The fraction of sp³-hybridized carbons (Fsp3) is 0.250. The third-order valence-corrected chi connectivity index (χ3v) is 7.32. The van der Waals surface area contributed by atoms with Crippen LogP contribution in [0.3, 0.4) is 0 Å². The Morgan fingerprint density at radius 2 is 2.03 bits per heavy atom. The fourth-order valence-corrected chi connectivity index (χ4v) is 5.25. The maximum Gasteiger partial charge on any atom is 0.156 e. The molecule has 0 unspecified atom stereocenters. The van der Waals surface area contributed by atoms with Gasteiger partial charge < -0.3 is 9.30 Å². The molecule has 0 amide bonds. The van der Waals surface area contributed by atoms with E-state index >= 15 is 0 Å². The number of benzene rings is 2. The van der Waals surface area contributed by atoms with Crippen LogP contribution in [0.2, 0.25) is 5.15 Å². The smallest absolute Gasteiger partial charge is 0.156 e. The van der Waals surface area contributed by atoms with Crippen molar-refractivity contribution in [1.29, 1.82) is 5.26 Å². The lowest BCUT2D eigenvalue weighted by Gasteiger charge is -2.26. The fourth-order valence-electron chi connectivity index (χ4n) is 5.06. The molecule has 0 saturated heterocycles. The van der Waals surface area contributed by atoms with E-state index in [1.54, 1.807) is 19.2 Å². The molecule has 3 heterocycles. The van der Waals surface area contributed by atoms with E-state index in [1.165, 1.54) is 18.6 Å². The van der Waals surface area contributed by atoms with Crippen LogP contribution in [0.4, 0.5) is 4.39 Å². The standard InChI is InChI=1S/C28H22ClFN4O/c1-16(13-31)25-21-7-5-17(11-19(21)15-35-24-12-20(30)6-8-22(24)25)14-34-23-9-10-32-27(29)26(23)33-28(34)18-3-2-4-18/h5-12,18H,2-4,14-15H2,1H3/b25-16+. The quantitative estimate of drug-likeness (QED) is 0.237. The first-order valence-electron chi connectivity index (χ1n) is 11.7. The lowest BCUT2D eigenvalue weighted by atomic mass is 9.84. The van der Waals surface area contributed by atoms with Crippen LogP contribution in [0.15, 0.2) is 54.2 Å². The van der Waals surface area contributed by atoms with Gasteiger partial charge in [-0.1, -0.05) is 30.2 Å². The molecule has 1 aliphatic heterocycles. The highest BCUT2D eigenvalue weighted by molar-refractivity contribution is 6.33. The number of aromatic nitrogens is 3. The van der Waals surface area contributed by atoms with Crippen molar-refractivity contribution < 1.29 is 9.13 Å². The zero-order chi connectivity index (χ0) is 24.1. The molecule has 2 aliphatic rings. The summed E-state index contributed by atoms with van der Waals surface area (Å²) in [5, 5.41) is 10.1. The highest BCUT2D eigenvalue weighted by Gasteiger charge is 2.27. The molecular weight excluding hydrogens is 463 g/mol. The average molecular weight is 485 g/mol. The van der Waals surface area contributed by atoms with Crippen molar-refractivity contribution in [2.75, 3.05) is 0 Å². The van der Waals surface area contributed by atoms with Crippen molar-refractivity contribution in [2.45, 2.75) is 45.3 Å². The summed E-state index contributed by atoms with van der Waals surface area (Å²) in [6.45, 7) is 2.71. The normalized spacial score (nSPS) is 16.5. The largest absolute Gasteiger partial charge is 0.488 e. The first-order chi connectivity index (χ1) is 17.0. The number of nitriles is 1. The Bertz CT molecular complexity index is 1560. The minimum Gasteiger partial charge on any atom is -0.488 e. The Morgan fingerprint density at radius 1 is 1.20 bits per heavy atom. The van der Waals surface area contributed by atoms with Gasteiger partial charge in [0.1, 0.15) is 29.5 Å². The Balaban J connectivity index is 1.45. The minimum atomic E-state index is -0.368. The van der Waals surface area contributed by atoms with Crippen LogP contribution in [0, 0.1) is 17.1 Å². The molecule has 0 radical (unpaired) electrons. The summed E-state index contributed by atoms with van der Waals surface area (Å²) in [7, 11) is 0. The van der Waals surface area contributed by atoms with Gasteiger partial charge in [0.15, 0.2) is 5.15 Å². The molecule has 0 spiro atoms.